The van der Waals surface area contributed by atoms with Gasteiger partial charge in [-0.3, -0.25) is 4.79 Å². The van der Waals surface area contributed by atoms with Gasteiger partial charge >= 0.3 is 17.9 Å². The summed E-state index contributed by atoms with van der Waals surface area (Å²) in [7, 11) is 0. The molecule has 0 spiro atoms. The fraction of sp³-hybridized carbons (Fsp3) is 0.241. The van der Waals surface area contributed by atoms with E-state index in [2.05, 4.69) is 0 Å². The molecule has 0 amide bonds. The van der Waals surface area contributed by atoms with Gasteiger partial charge in [0.15, 0.2) is 6.17 Å². The zero-order valence-corrected chi connectivity index (χ0v) is 23.9. The lowest BCUT2D eigenvalue weighted by Crippen LogP contribution is -2.46. The van der Waals surface area contributed by atoms with Crippen molar-refractivity contribution >= 4 is 47.9 Å². The first-order chi connectivity index (χ1) is 18.7. The van der Waals surface area contributed by atoms with Gasteiger partial charge in [-0.05, 0) is 36.4 Å². The maximum Gasteiger partial charge on any atom is 0.338 e. The molecule has 0 unspecified atom stereocenters. The van der Waals surface area contributed by atoms with Gasteiger partial charge in [-0.1, -0.05) is 54.6 Å². The normalized spacial score (nSPS) is 17.2. The van der Waals surface area contributed by atoms with Crippen LogP contribution in [0.1, 0.15) is 44.4 Å². The minimum Gasteiger partial charge on any atom is -0.481 e. The second-order valence-electron chi connectivity index (χ2n) is 8.11. The number of benzene rings is 3. The summed E-state index contributed by atoms with van der Waals surface area (Å²) in [6.07, 6.45) is -3.22. The van der Waals surface area contributed by atoms with Crippen LogP contribution in [0.5, 0.6) is 0 Å². The number of aromatic carboxylic acids is 1. The Labute approximate surface area is 247 Å². The number of carbonyl (C=O) groups is 4. The van der Waals surface area contributed by atoms with Crippen LogP contribution >= 0.6 is 24.0 Å². The van der Waals surface area contributed by atoms with Crippen molar-refractivity contribution in [3.63, 3.8) is 0 Å². The van der Waals surface area contributed by atoms with Crippen LogP contribution in [0, 0.1) is 0 Å². The highest BCUT2D eigenvalue weighted by molar-refractivity contribution is 14.0. The molecule has 11 heteroatoms. The highest BCUT2D eigenvalue weighted by Gasteiger charge is 2.38. The van der Waals surface area contributed by atoms with E-state index >= 15 is 0 Å². The first-order valence-corrected chi connectivity index (χ1v) is 11.9. The zero-order valence-electron chi connectivity index (χ0n) is 21.6. The third kappa shape index (κ3) is 12.3. The highest BCUT2D eigenvalue weighted by Crippen LogP contribution is 2.23. The molecular formula is C29H30FIO9. The Morgan fingerprint density at radius 3 is 1.65 bits per heavy atom. The standard InChI is InChI=1S/C20H19FO5.C7H6O2.C2H4O2.HI/c21-18-16(26-20(23)15-9-5-2-6-10-15)11-12-24-17(18)13-25-19(22)14-7-3-1-4-8-14;8-7(9)6-4-2-1-3-5-6;1-2(3)4;/h1-10,16-18H,11-13H2;1-5H,(H,8,9);1H3,(H,3,4);1H/t16-,17-,18+;;;/m1.../s1. The largest absolute Gasteiger partial charge is 0.481 e. The molecule has 1 saturated heterocycles. The number of hydrogen-bond acceptors (Lipinski definition) is 7. The van der Waals surface area contributed by atoms with E-state index in [9.17, 15) is 18.8 Å². The Kier molecular flexibility index (Phi) is 15.8. The molecule has 1 fully saturated rings. The summed E-state index contributed by atoms with van der Waals surface area (Å²) < 4.78 is 30.4. The van der Waals surface area contributed by atoms with E-state index < -0.39 is 42.3 Å². The van der Waals surface area contributed by atoms with Gasteiger partial charge in [-0.2, -0.15) is 0 Å². The van der Waals surface area contributed by atoms with Gasteiger partial charge in [0.25, 0.3) is 5.97 Å². The number of rotatable bonds is 6. The number of aliphatic carboxylic acids is 1. The van der Waals surface area contributed by atoms with E-state index in [1.807, 2.05) is 0 Å². The van der Waals surface area contributed by atoms with Crippen LogP contribution < -0.4 is 0 Å². The van der Waals surface area contributed by atoms with Crippen LogP contribution in [0.15, 0.2) is 91.0 Å². The maximum absolute atomic E-state index is 14.6. The molecule has 0 bridgehead atoms. The van der Waals surface area contributed by atoms with Crippen LogP contribution in [0.2, 0.25) is 0 Å². The molecule has 3 aromatic rings. The average Bonchev–Trinajstić information content (AvgIpc) is 2.95. The summed E-state index contributed by atoms with van der Waals surface area (Å²) in [6, 6.07) is 25.1. The molecule has 9 nitrogen and oxygen atoms in total. The van der Waals surface area contributed by atoms with Crippen LogP contribution in [0.4, 0.5) is 4.39 Å². The number of halogens is 2. The number of carboxylic acid groups (broad SMARTS) is 2. The molecule has 214 valence electrons. The zero-order chi connectivity index (χ0) is 28.6. The number of alkyl halides is 1. The number of carbonyl (C=O) groups excluding carboxylic acids is 2. The topological polar surface area (TPSA) is 136 Å². The highest BCUT2D eigenvalue weighted by atomic mass is 127. The number of ether oxygens (including phenoxy) is 3. The first kappa shape index (κ1) is 34.2. The molecule has 2 N–H and O–H groups in total. The Hall–Kier alpha value is -3.84. The molecule has 0 aromatic heterocycles. The third-order valence-electron chi connectivity index (χ3n) is 5.12. The molecule has 1 heterocycles. The van der Waals surface area contributed by atoms with E-state index in [0.717, 1.165) is 6.92 Å². The second-order valence-corrected chi connectivity index (χ2v) is 8.11. The van der Waals surface area contributed by atoms with Crippen LogP contribution in [0.25, 0.3) is 0 Å². The predicted octanol–water partition coefficient (Wildman–Crippen LogP) is 5.29. The van der Waals surface area contributed by atoms with E-state index in [-0.39, 0.29) is 43.6 Å². The van der Waals surface area contributed by atoms with Crippen LogP contribution in [0.3, 0.4) is 0 Å². The number of hydrogen-bond donors (Lipinski definition) is 2. The molecule has 3 atom stereocenters. The molecule has 1 aliphatic heterocycles. The van der Waals surface area contributed by atoms with Gasteiger partial charge in [0.05, 0.1) is 23.3 Å². The van der Waals surface area contributed by atoms with Gasteiger partial charge in [-0.25, -0.2) is 18.8 Å². The quantitative estimate of drug-likeness (QED) is 0.265. The molecule has 3 aromatic carbocycles. The predicted molar refractivity (Wildman–Crippen MR) is 154 cm³/mol. The Bertz CT molecular complexity index is 1190. The summed E-state index contributed by atoms with van der Waals surface area (Å²) in [4.78, 5) is 43.3. The van der Waals surface area contributed by atoms with Crippen molar-refractivity contribution in [2.75, 3.05) is 13.2 Å². The minimum atomic E-state index is -1.57. The van der Waals surface area contributed by atoms with Crippen LogP contribution in [-0.4, -0.2) is 65.7 Å². The van der Waals surface area contributed by atoms with Gasteiger partial charge in [-0.15, -0.1) is 24.0 Å². The summed E-state index contributed by atoms with van der Waals surface area (Å²) in [5.74, 6) is -2.85. The fourth-order valence-corrected chi connectivity index (χ4v) is 3.27. The van der Waals surface area contributed by atoms with Gasteiger partial charge in [0.1, 0.15) is 18.8 Å². The summed E-state index contributed by atoms with van der Waals surface area (Å²) in [5.41, 5.74) is 1.07. The molecule has 0 saturated carbocycles. The van der Waals surface area contributed by atoms with E-state index in [1.165, 1.54) is 0 Å². The first-order valence-electron chi connectivity index (χ1n) is 11.9. The van der Waals surface area contributed by atoms with Crippen molar-refractivity contribution in [3.05, 3.63) is 108 Å². The molecule has 1 aliphatic rings. The lowest BCUT2D eigenvalue weighted by molar-refractivity contribution is -0.134. The average molecular weight is 668 g/mol. The van der Waals surface area contributed by atoms with Crippen molar-refractivity contribution in [3.8, 4) is 0 Å². The molecule has 4 rings (SSSR count). The smallest absolute Gasteiger partial charge is 0.338 e. The van der Waals surface area contributed by atoms with Crippen molar-refractivity contribution in [2.45, 2.75) is 31.7 Å². The summed E-state index contributed by atoms with van der Waals surface area (Å²) in [5, 5.41) is 15.8. The molecule has 40 heavy (non-hydrogen) atoms. The number of esters is 2. The minimum absolute atomic E-state index is 0. The Balaban J connectivity index is 0.000000475. The second kappa shape index (κ2) is 18.4. The fourth-order valence-electron chi connectivity index (χ4n) is 3.27. The summed E-state index contributed by atoms with van der Waals surface area (Å²) in [6.45, 7) is 1.06. The van der Waals surface area contributed by atoms with Gasteiger partial charge in [0.2, 0.25) is 0 Å². The van der Waals surface area contributed by atoms with Crippen LogP contribution in [-0.2, 0) is 19.0 Å². The van der Waals surface area contributed by atoms with Crippen molar-refractivity contribution in [1.82, 2.24) is 0 Å². The van der Waals surface area contributed by atoms with E-state index in [4.69, 9.17) is 29.2 Å². The SMILES string of the molecule is CC(=O)O.I.O=C(O)c1ccccc1.O=C(OC[C@H]1OCC[C@@H](OC(=O)c2ccccc2)[C@@H]1F)c1ccccc1. The lowest BCUT2D eigenvalue weighted by Gasteiger charge is -2.32. The number of carboxylic acids is 2. The van der Waals surface area contributed by atoms with Crippen molar-refractivity contribution in [2.24, 2.45) is 0 Å². The third-order valence-corrected chi connectivity index (χ3v) is 5.12. The van der Waals surface area contributed by atoms with Crippen molar-refractivity contribution in [1.29, 1.82) is 0 Å². The summed E-state index contributed by atoms with van der Waals surface area (Å²) >= 11 is 0. The van der Waals surface area contributed by atoms with E-state index in [0.29, 0.717) is 16.7 Å². The van der Waals surface area contributed by atoms with Gasteiger partial charge in [0, 0.05) is 13.3 Å². The van der Waals surface area contributed by atoms with E-state index in [1.54, 1.807) is 91.0 Å². The van der Waals surface area contributed by atoms with Gasteiger partial charge < -0.3 is 24.4 Å². The molecule has 0 radical (unpaired) electrons. The Morgan fingerprint density at radius 1 is 0.800 bits per heavy atom. The molecular weight excluding hydrogens is 638 g/mol. The molecule has 0 aliphatic carbocycles. The monoisotopic (exact) mass is 668 g/mol. The van der Waals surface area contributed by atoms with Crippen molar-refractivity contribution < 1.29 is 48.0 Å². The lowest BCUT2D eigenvalue weighted by atomic mass is 10.0. The Morgan fingerprint density at radius 2 is 1.23 bits per heavy atom. The maximum atomic E-state index is 14.6.